The summed E-state index contributed by atoms with van der Waals surface area (Å²) >= 11 is 3.32. The molecule has 2 aromatic heterocycles. The SMILES string of the molecule is CC(=O)Nc1nc2cccc(Br)n2n1. The standard InChI is InChI=1S/C8H7BrN4O/c1-5(14)10-8-11-7-4-2-3-6(9)13(7)12-8/h2-4H,1H3,(H,10,12,14). The van der Waals surface area contributed by atoms with E-state index < -0.39 is 0 Å². The molecule has 0 bridgehead atoms. The minimum Gasteiger partial charge on any atom is -0.293 e. The summed E-state index contributed by atoms with van der Waals surface area (Å²) in [4.78, 5) is 14.9. The molecule has 0 aliphatic rings. The summed E-state index contributed by atoms with van der Waals surface area (Å²) in [7, 11) is 0. The Kier molecular flexibility index (Phi) is 2.20. The second-order valence-corrected chi connectivity index (χ2v) is 3.55. The molecule has 72 valence electrons. The molecule has 0 unspecified atom stereocenters. The van der Waals surface area contributed by atoms with Crippen LogP contribution in [0.4, 0.5) is 5.95 Å². The van der Waals surface area contributed by atoms with Crippen LogP contribution in [0.25, 0.3) is 5.65 Å². The molecular formula is C8H7BrN4O. The van der Waals surface area contributed by atoms with Crippen molar-refractivity contribution in [2.24, 2.45) is 0 Å². The zero-order chi connectivity index (χ0) is 10.1. The lowest BCUT2D eigenvalue weighted by atomic mass is 10.5. The number of hydrogen-bond donors (Lipinski definition) is 1. The average molecular weight is 255 g/mol. The number of halogens is 1. The van der Waals surface area contributed by atoms with Crippen LogP contribution in [-0.4, -0.2) is 20.5 Å². The van der Waals surface area contributed by atoms with Gasteiger partial charge in [0.05, 0.1) is 0 Å². The van der Waals surface area contributed by atoms with E-state index in [1.807, 2.05) is 18.2 Å². The first-order chi connectivity index (χ1) is 6.66. The third-order valence-corrected chi connectivity index (χ3v) is 2.20. The molecule has 0 fully saturated rings. The number of anilines is 1. The lowest BCUT2D eigenvalue weighted by Gasteiger charge is -1.92. The number of carbonyl (C=O) groups excluding carboxylic acids is 1. The largest absolute Gasteiger partial charge is 0.293 e. The fraction of sp³-hybridized carbons (Fsp3) is 0.125. The third-order valence-electron chi connectivity index (χ3n) is 1.60. The van der Waals surface area contributed by atoms with Crippen molar-refractivity contribution in [2.45, 2.75) is 6.92 Å². The van der Waals surface area contributed by atoms with Gasteiger partial charge in [-0.15, -0.1) is 5.10 Å². The minimum absolute atomic E-state index is 0.183. The number of amides is 1. The van der Waals surface area contributed by atoms with E-state index in [0.717, 1.165) is 4.60 Å². The Balaban J connectivity index is 2.51. The molecule has 0 atom stereocenters. The van der Waals surface area contributed by atoms with Gasteiger partial charge in [0.1, 0.15) is 4.60 Å². The predicted octanol–water partition coefficient (Wildman–Crippen LogP) is 1.45. The van der Waals surface area contributed by atoms with E-state index in [4.69, 9.17) is 0 Å². The van der Waals surface area contributed by atoms with Crippen molar-refractivity contribution in [3.8, 4) is 0 Å². The fourth-order valence-corrected chi connectivity index (χ4v) is 1.50. The van der Waals surface area contributed by atoms with Gasteiger partial charge in [0.25, 0.3) is 0 Å². The van der Waals surface area contributed by atoms with E-state index in [0.29, 0.717) is 11.6 Å². The molecule has 1 N–H and O–H groups in total. The Labute approximate surface area is 88.3 Å². The van der Waals surface area contributed by atoms with Gasteiger partial charge < -0.3 is 0 Å². The van der Waals surface area contributed by atoms with Crippen molar-refractivity contribution in [1.82, 2.24) is 14.6 Å². The van der Waals surface area contributed by atoms with Gasteiger partial charge in [-0.2, -0.15) is 4.98 Å². The first-order valence-corrected chi connectivity index (χ1v) is 4.75. The lowest BCUT2D eigenvalue weighted by molar-refractivity contribution is -0.114. The minimum atomic E-state index is -0.183. The molecule has 1 amide bonds. The van der Waals surface area contributed by atoms with Crippen LogP contribution in [0.3, 0.4) is 0 Å². The van der Waals surface area contributed by atoms with E-state index in [1.165, 1.54) is 6.92 Å². The molecule has 14 heavy (non-hydrogen) atoms. The zero-order valence-electron chi connectivity index (χ0n) is 7.36. The van der Waals surface area contributed by atoms with Crippen molar-refractivity contribution in [2.75, 3.05) is 5.32 Å². The van der Waals surface area contributed by atoms with E-state index in [2.05, 4.69) is 31.3 Å². The summed E-state index contributed by atoms with van der Waals surface area (Å²) in [5, 5.41) is 6.60. The topological polar surface area (TPSA) is 59.3 Å². The molecule has 0 saturated heterocycles. The van der Waals surface area contributed by atoms with Crippen molar-refractivity contribution >= 4 is 33.4 Å². The van der Waals surface area contributed by atoms with E-state index in [1.54, 1.807) is 4.52 Å². The zero-order valence-corrected chi connectivity index (χ0v) is 8.95. The lowest BCUT2D eigenvalue weighted by Crippen LogP contribution is -2.07. The molecule has 5 nitrogen and oxygen atoms in total. The van der Waals surface area contributed by atoms with Gasteiger partial charge in [0.15, 0.2) is 5.65 Å². The Hall–Kier alpha value is -1.43. The van der Waals surface area contributed by atoms with E-state index >= 15 is 0 Å². The highest BCUT2D eigenvalue weighted by atomic mass is 79.9. The van der Waals surface area contributed by atoms with Gasteiger partial charge in [-0.05, 0) is 28.1 Å². The highest BCUT2D eigenvalue weighted by Gasteiger charge is 2.05. The molecular weight excluding hydrogens is 248 g/mol. The number of nitrogens with one attached hydrogen (secondary N) is 1. The van der Waals surface area contributed by atoms with E-state index in [9.17, 15) is 4.79 Å². The summed E-state index contributed by atoms with van der Waals surface area (Å²) < 4.78 is 2.39. The van der Waals surface area contributed by atoms with Gasteiger partial charge in [-0.25, -0.2) is 4.52 Å². The van der Waals surface area contributed by atoms with Gasteiger partial charge in [-0.1, -0.05) is 6.07 Å². The monoisotopic (exact) mass is 254 g/mol. The molecule has 2 aromatic rings. The first kappa shape index (κ1) is 9.14. The number of hydrogen-bond acceptors (Lipinski definition) is 3. The van der Waals surface area contributed by atoms with Crippen molar-refractivity contribution in [1.29, 1.82) is 0 Å². The fourth-order valence-electron chi connectivity index (χ4n) is 1.08. The average Bonchev–Trinajstić information content (AvgIpc) is 2.47. The Morgan fingerprint density at radius 3 is 3.00 bits per heavy atom. The van der Waals surface area contributed by atoms with Crippen LogP contribution in [-0.2, 0) is 4.79 Å². The molecule has 0 spiro atoms. The van der Waals surface area contributed by atoms with Crippen LogP contribution in [0.1, 0.15) is 6.92 Å². The highest BCUT2D eigenvalue weighted by Crippen LogP contribution is 2.13. The number of nitrogens with zero attached hydrogens (tertiary/aromatic N) is 3. The third kappa shape index (κ3) is 1.60. The highest BCUT2D eigenvalue weighted by molar-refractivity contribution is 9.10. The Bertz CT molecular complexity index is 493. The van der Waals surface area contributed by atoms with Gasteiger partial charge in [0.2, 0.25) is 11.9 Å². The summed E-state index contributed by atoms with van der Waals surface area (Å²) in [5.41, 5.74) is 0.683. The van der Waals surface area contributed by atoms with Crippen molar-refractivity contribution < 1.29 is 4.79 Å². The van der Waals surface area contributed by atoms with Crippen LogP contribution in [0.5, 0.6) is 0 Å². The van der Waals surface area contributed by atoms with Crippen molar-refractivity contribution in [3.05, 3.63) is 22.8 Å². The summed E-state index contributed by atoms with van der Waals surface area (Å²) in [5.74, 6) is 0.126. The molecule has 6 heteroatoms. The quantitative estimate of drug-likeness (QED) is 0.784. The van der Waals surface area contributed by atoms with Crippen LogP contribution in [0, 0.1) is 0 Å². The molecule has 0 radical (unpaired) electrons. The molecule has 2 heterocycles. The molecule has 0 aliphatic heterocycles. The van der Waals surface area contributed by atoms with Gasteiger partial charge >= 0.3 is 0 Å². The molecule has 0 aliphatic carbocycles. The normalized spacial score (nSPS) is 10.4. The van der Waals surface area contributed by atoms with Crippen LogP contribution in [0.2, 0.25) is 0 Å². The number of rotatable bonds is 1. The second kappa shape index (κ2) is 3.38. The number of pyridine rings is 1. The number of carbonyl (C=O) groups is 1. The Morgan fingerprint density at radius 1 is 1.57 bits per heavy atom. The van der Waals surface area contributed by atoms with Crippen LogP contribution in [0.15, 0.2) is 22.8 Å². The molecule has 2 rings (SSSR count). The second-order valence-electron chi connectivity index (χ2n) is 2.74. The van der Waals surface area contributed by atoms with E-state index in [-0.39, 0.29) is 5.91 Å². The maximum absolute atomic E-state index is 10.8. The maximum atomic E-state index is 10.8. The van der Waals surface area contributed by atoms with Crippen LogP contribution < -0.4 is 5.32 Å². The smallest absolute Gasteiger partial charge is 0.249 e. The molecule has 0 saturated carbocycles. The Morgan fingerprint density at radius 2 is 2.36 bits per heavy atom. The predicted molar refractivity (Wildman–Crippen MR) is 55.0 cm³/mol. The van der Waals surface area contributed by atoms with Crippen molar-refractivity contribution in [3.63, 3.8) is 0 Å². The molecule has 0 aromatic carbocycles. The summed E-state index contributed by atoms with van der Waals surface area (Å²) in [6.07, 6.45) is 0. The van der Waals surface area contributed by atoms with Crippen LogP contribution >= 0.6 is 15.9 Å². The summed E-state index contributed by atoms with van der Waals surface area (Å²) in [6.45, 7) is 1.42. The summed E-state index contributed by atoms with van der Waals surface area (Å²) in [6, 6.07) is 5.51. The number of aromatic nitrogens is 3. The van der Waals surface area contributed by atoms with Gasteiger partial charge in [-0.3, -0.25) is 10.1 Å². The maximum Gasteiger partial charge on any atom is 0.249 e. The first-order valence-electron chi connectivity index (χ1n) is 3.96. The number of fused-ring (bicyclic) bond motifs is 1. The van der Waals surface area contributed by atoms with Gasteiger partial charge in [0, 0.05) is 6.92 Å².